The van der Waals surface area contributed by atoms with Gasteiger partial charge in [-0.25, -0.2) is 19.9 Å². The van der Waals surface area contributed by atoms with Crippen molar-refractivity contribution in [2.75, 3.05) is 39.3 Å². The minimum Gasteiger partial charge on any atom is -0.453 e. The Kier molecular flexibility index (Phi) is 16.1. The molecule has 6 atom stereocenters. The Labute approximate surface area is 413 Å². The molecule has 0 radical (unpaired) electrons. The van der Waals surface area contributed by atoms with Crippen molar-refractivity contribution in [2.24, 2.45) is 4.99 Å². The zero-order valence-electron chi connectivity index (χ0n) is 38.7. The highest BCUT2D eigenvalue weighted by Crippen LogP contribution is 2.39. The second-order valence-corrected chi connectivity index (χ2v) is 19.1. The van der Waals surface area contributed by atoms with Gasteiger partial charge in [-0.3, -0.25) is 24.8 Å². The van der Waals surface area contributed by atoms with Crippen molar-refractivity contribution in [3.63, 3.8) is 0 Å². The Morgan fingerprint density at radius 1 is 0.757 bits per heavy atom. The quantitative estimate of drug-likeness (QED) is 0.0202. The van der Waals surface area contributed by atoms with Crippen LogP contribution in [0.5, 0.6) is 0 Å². The first kappa shape index (κ1) is 49.2. The lowest BCUT2D eigenvalue weighted by atomic mass is 9.96. The molecule has 0 unspecified atom stereocenters. The number of aliphatic imine (C=N–C) groups is 1. The van der Waals surface area contributed by atoms with Gasteiger partial charge >= 0.3 is 12.1 Å². The van der Waals surface area contributed by atoms with E-state index in [0.717, 1.165) is 46.3 Å². The predicted octanol–water partition coefficient (Wildman–Crippen LogP) is 7.49. The fourth-order valence-corrected chi connectivity index (χ4v) is 10.4. The van der Waals surface area contributed by atoms with Crippen molar-refractivity contribution >= 4 is 71.1 Å². The maximum atomic E-state index is 14.4. The molecule has 3 aliphatic heterocycles. The summed E-state index contributed by atoms with van der Waals surface area (Å²) in [7, 11) is 1.16. The number of allylic oxidation sites excluding steroid dienone is 1. The highest BCUT2D eigenvalue weighted by atomic mass is 32.2. The molecule has 362 valence electrons. The van der Waals surface area contributed by atoms with Crippen molar-refractivity contribution < 1.29 is 38.5 Å². The lowest BCUT2D eigenvalue weighted by molar-refractivity contribution is -0.216. The number of nitrogens with zero attached hydrogens (tertiary/aromatic N) is 4. The standard InChI is InChI=1S/C51H53N9O8S2/c1-66-51(65)58-50(64)57-46(36-12-8-5-9-13-36)49(63)59-27-38(69-2)23-42(59)40-22-37(25-53-40)33-16-14-31(15-17-33)32-18-20-34(21-19-32)41-26-54-47(55-41)43-24-39(70-3)28-60(43)48(62)45(35-10-6-4-7-11-35)56-44(61)29-67-68-30-52/h4-21,25-26,30,38-39,42-43,45-46,52H,22-24,27-29H2,1-3H3,(H,54,55)(H,56,61)(H2,57,58,64,65)/t38-,39-,42-,43-,45-,46-/m0/s1. The summed E-state index contributed by atoms with van der Waals surface area (Å²) >= 11 is 3.37. The molecule has 0 bridgehead atoms. The first-order valence-electron chi connectivity index (χ1n) is 22.6. The third kappa shape index (κ3) is 11.4. The second kappa shape index (κ2) is 22.9. The predicted molar refractivity (Wildman–Crippen MR) is 270 cm³/mol. The fourth-order valence-electron chi connectivity index (χ4n) is 9.03. The lowest BCUT2D eigenvalue weighted by Gasteiger charge is -2.29. The number of ether oxygens (including phenoxy) is 1. The summed E-state index contributed by atoms with van der Waals surface area (Å²) in [5, 5.41) is 14.9. The molecule has 3 aliphatic rings. The van der Waals surface area contributed by atoms with Gasteiger partial charge in [-0.05, 0) is 64.3 Å². The number of imide groups is 1. The Bertz CT molecular complexity index is 2740. The van der Waals surface area contributed by atoms with Gasteiger partial charge in [-0.2, -0.15) is 28.4 Å². The van der Waals surface area contributed by atoms with Crippen LogP contribution >= 0.6 is 23.5 Å². The highest BCUT2D eigenvalue weighted by molar-refractivity contribution is 7.99. The summed E-state index contributed by atoms with van der Waals surface area (Å²) in [6, 6.07) is 31.0. The van der Waals surface area contributed by atoms with Gasteiger partial charge in [0.25, 0.3) is 5.91 Å². The van der Waals surface area contributed by atoms with E-state index in [1.165, 1.54) is 0 Å². The number of urea groups is 1. The van der Waals surface area contributed by atoms with E-state index in [9.17, 15) is 24.0 Å². The topological polar surface area (TPSA) is 220 Å². The van der Waals surface area contributed by atoms with E-state index in [4.69, 9.17) is 20.3 Å². The molecule has 5 N–H and O–H groups in total. The summed E-state index contributed by atoms with van der Waals surface area (Å²) in [4.78, 5) is 92.0. The molecule has 2 fully saturated rings. The molecule has 5 aromatic rings. The normalized spacial score (nSPS) is 19.4. The number of imidazole rings is 1. The first-order valence-corrected chi connectivity index (χ1v) is 25.1. The van der Waals surface area contributed by atoms with Crippen LogP contribution in [-0.2, 0) is 28.9 Å². The van der Waals surface area contributed by atoms with Crippen LogP contribution in [-0.4, -0.2) is 118 Å². The van der Waals surface area contributed by atoms with E-state index in [0.29, 0.717) is 55.7 Å². The molecule has 0 saturated carbocycles. The zero-order chi connectivity index (χ0) is 49.1. The molecule has 1 aromatic heterocycles. The number of rotatable bonds is 17. The number of aromatic amines is 1. The Morgan fingerprint density at radius 2 is 1.30 bits per heavy atom. The van der Waals surface area contributed by atoms with Gasteiger partial charge in [-0.15, -0.1) is 0 Å². The maximum Gasteiger partial charge on any atom is 0.415 e. The maximum absolute atomic E-state index is 14.4. The van der Waals surface area contributed by atoms with Gasteiger partial charge < -0.3 is 35.0 Å². The minimum absolute atomic E-state index is 0.158. The number of likely N-dealkylation sites (tertiary alicyclic amines) is 2. The smallest absolute Gasteiger partial charge is 0.415 e. The third-order valence-electron chi connectivity index (χ3n) is 12.6. The van der Waals surface area contributed by atoms with E-state index in [-0.39, 0.29) is 34.4 Å². The molecule has 17 nitrogen and oxygen atoms in total. The number of nitrogens with one attached hydrogen (secondary N) is 5. The van der Waals surface area contributed by atoms with E-state index in [1.54, 1.807) is 75.9 Å². The number of H-pyrrole nitrogens is 1. The van der Waals surface area contributed by atoms with Gasteiger partial charge in [0.05, 0.1) is 31.1 Å². The van der Waals surface area contributed by atoms with Crippen molar-refractivity contribution in [2.45, 2.75) is 53.9 Å². The number of alkyl carbamates (subject to hydrolysis) is 1. The first-order chi connectivity index (χ1) is 34.1. The Morgan fingerprint density at radius 3 is 1.87 bits per heavy atom. The molecular weight excluding hydrogens is 931 g/mol. The summed E-state index contributed by atoms with van der Waals surface area (Å²) in [6.45, 7) is 0.469. The average Bonchev–Trinajstić information content (AvgIpc) is 4.24. The molecule has 8 rings (SSSR count). The van der Waals surface area contributed by atoms with E-state index in [1.807, 2.05) is 55.1 Å². The number of aromatic nitrogens is 2. The summed E-state index contributed by atoms with van der Waals surface area (Å²) in [5.41, 5.74) is 7.93. The van der Waals surface area contributed by atoms with Crippen molar-refractivity contribution in [1.82, 2.24) is 35.7 Å². The van der Waals surface area contributed by atoms with Crippen molar-refractivity contribution in [3.05, 3.63) is 144 Å². The average molecular weight is 984 g/mol. The Balaban J connectivity index is 0.920. The second-order valence-electron chi connectivity index (χ2n) is 16.8. The van der Waals surface area contributed by atoms with Crippen LogP contribution in [0, 0.1) is 5.41 Å². The minimum atomic E-state index is -1.04. The molecule has 70 heavy (non-hydrogen) atoms. The molecule has 4 aromatic carbocycles. The third-order valence-corrected chi connectivity index (χ3v) is 14.7. The highest BCUT2D eigenvalue weighted by Gasteiger charge is 2.43. The SMILES string of the molecule is COC(=O)NC(=O)N[C@H](C(=O)N1C[C@@H](SC)C[C@H]1C1=NC=C(c2ccc(-c3ccc(-c4cnc([C@@H]5C[C@H](SC)CN5C(=O)[C@@H](NC(=O)COOC=N)c5ccccc5)[nH]4)cc3)cc2)C1)c1ccccc1. The molecule has 0 spiro atoms. The summed E-state index contributed by atoms with van der Waals surface area (Å²) < 4.78 is 4.57. The molecule has 19 heteroatoms. The van der Waals surface area contributed by atoms with E-state index >= 15 is 0 Å². The number of methoxy groups -OCH3 is 1. The number of carbonyl (C=O) groups excluding carboxylic acids is 5. The van der Waals surface area contributed by atoms with Gasteiger partial charge in [0.1, 0.15) is 17.9 Å². The number of benzene rings is 4. The van der Waals surface area contributed by atoms with Crippen LogP contribution in [0.15, 0.2) is 127 Å². The number of hydrogen-bond donors (Lipinski definition) is 5. The number of thioether (sulfide) groups is 2. The molecule has 6 amide bonds. The molecular formula is C51H53N9O8S2. The Hall–Kier alpha value is -7.22. The number of amides is 6. The summed E-state index contributed by atoms with van der Waals surface area (Å²) in [6.07, 6.45) is 9.30. The van der Waals surface area contributed by atoms with Crippen LogP contribution in [0.3, 0.4) is 0 Å². The molecule has 0 aliphatic carbocycles. The van der Waals surface area contributed by atoms with Gasteiger partial charge in [0.15, 0.2) is 6.61 Å². The van der Waals surface area contributed by atoms with Crippen LogP contribution in [0.2, 0.25) is 0 Å². The molecule has 4 heterocycles. The lowest BCUT2D eigenvalue weighted by Crippen LogP contribution is -2.50. The monoisotopic (exact) mass is 983 g/mol. The van der Waals surface area contributed by atoms with Crippen molar-refractivity contribution in [1.29, 1.82) is 5.41 Å². The van der Waals surface area contributed by atoms with Crippen LogP contribution in [0.4, 0.5) is 9.59 Å². The van der Waals surface area contributed by atoms with E-state index in [2.05, 4.69) is 67.0 Å². The van der Waals surface area contributed by atoms with Crippen LogP contribution in [0.1, 0.15) is 59.9 Å². The largest absolute Gasteiger partial charge is 0.453 e. The van der Waals surface area contributed by atoms with Gasteiger partial charge in [-0.1, -0.05) is 109 Å². The zero-order valence-corrected chi connectivity index (χ0v) is 40.3. The fraction of sp³-hybridized carbons (Fsp3) is 0.294. The van der Waals surface area contributed by atoms with E-state index < -0.39 is 36.7 Å². The molecule has 2 saturated heterocycles. The number of hydrogen-bond acceptors (Lipinski definition) is 13. The van der Waals surface area contributed by atoms with Gasteiger partial charge in [0.2, 0.25) is 18.2 Å². The number of carbonyl (C=O) groups is 5. The van der Waals surface area contributed by atoms with Gasteiger partial charge in [0, 0.05) is 41.9 Å². The summed E-state index contributed by atoms with van der Waals surface area (Å²) in [5.74, 6) is -0.479. The van der Waals surface area contributed by atoms with Crippen LogP contribution in [0.25, 0.3) is 28.0 Å². The van der Waals surface area contributed by atoms with Crippen LogP contribution < -0.4 is 16.0 Å². The van der Waals surface area contributed by atoms with Crippen molar-refractivity contribution in [3.8, 4) is 22.4 Å².